The minimum absolute atomic E-state index is 0.00236. The quantitative estimate of drug-likeness (QED) is 0.577. The van der Waals surface area contributed by atoms with Gasteiger partial charge in [0.15, 0.2) is 0 Å². The summed E-state index contributed by atoms with van der Waals surface area (Å²) in [6.45, 7) is 0. The number of anilines is 1. The fourth-order valence-corrected chi connectivity index (χ4v) is 1.54. The molecular formula is C7H9BFNO4S. The molecule has 1 aromatic rings. The third-order valence-electron chi connectivity index (χ3n) is 1.58. The van der Waals surface area contributed by atoms with Crippen LogP contribution in [0.3, 0.4) is 0 Å². The van der Waals surface area contributed by atoms with Gasteiger partial charge in [0.1, 0.15) is 5.82 Å². The lowest BCUT2D eigenvalue weighted by atomic mass is 9.80. The average Bonchev–Trinajstić information content (AvgIpc) is 2.06. The second kappa shape index (κ2) is 4.17. The van der Waals surface area contributed by atoms with Crippen molar-refractivity contribution in [3.8, 4) is 0 Å². The molecule has 0 saturated carbocycles. The van der Waals surface area contributed by atoms with Gasteiger partial charge in [0.25, 0.3) is 0 Å². The number of benzene rings is 1. The van der Waals surface area contributed by atoms with Gasteiger partial charge >= 0.3 is 7.12 Å². The summed E-state index contributed by atoms with van der Waals surface area (Å²) in [6, 6.07) is 3.11. The van der Waals surface area contributed by atoms with Crippen molar-refractivity contribution in [2.75, 3.05) is 11.0 Å². The van der Waals surface area contributed by atoms with Crippen molar-refractivity contribution in [1.82, 2.24) is 0 Å². The summed E-state index contributed by atoms with van der Waals surface area (Å²) in [6.07, 6.45) is 0.870. The fraction of sp³-hybridized carbons (Fsp3) is 0.143. The minimum Gasteiger partial charge on any atom is -0.423 e. The van der Waals surface area contributed by atoms with Crippen LogP contribution in [-0.2, 0) is 10.0 Å². The Kier molecular flexibility index (Phi) is 3.33. The van der Waals surface area contributed by atoms with Gasteiger partial charge in [-0.25, -0.2) is 12.8 Å². The Hall–Kier alpha value is -1.12. The molecule has 0 aliphatic carbocycles. The molecule has 0 amide bonds. The van der Waals surface area contributed by atoms with Crippen LogP contribution in [0.2, 0.25) is 0 Å². The third kappa shape index (κ3) is 3.50. The molecule has 3 N–H and O–H groups in total. The maximum absolute atomic E-state index is 13.1. The van der Waals surface area contributed by atoms with Gasteiger partial charge in [0.05, 0.1) is 11.9 Å². The van der Waals surface area contributed by atoms with Crippen LogP contribution >= 0.6 is 0 Å². The molecule has 0 atom stereocenters. The zero-order chi connectivity index (χ0) is 11.6. The molecule has 0 heterocycles. The van der Waals surface area contributed by atoms with Crippen molar-refractivity contribution >= 4 is 28.3 Å². The molecule has 1 aromatic carbocycles. The minimum atomic E-state index is -3.60. The summed E-state index contributed by atoms with van der Waals surface area (Å²) in [5.41, 5.74) is -0.314. The van der Waals surface area contributed by atoms with Crippen LogP contribution in [0, 0.1) is 5.82 Å². The molecule has 0 aliphatic heterocycles. The van der Waals surface area contributed by atoms with Crippen molar-refractivity contribution < 1.29 is 22.9 Å². The van der Waals surface area contributed by atoms with Crippen LogP contribution in [0.1, 0.15) is 0 Å². The van der Waals surface area contributed by atoms with Gasteiger partial charge in [0.2, 0.25) is 10.0 Å². The summed E-state index contributed by atoms with van der Waals surface area (Å²) < 4.78 is 36.7. The van der Waals surface area contributed by atoms with Gasteiger partial charge in [-0.15, -0.1) is 0 Å². The van der Waals surface area contributed by atoms with E-state index in [2.05, 4.69) is 0 Å². The Bertz CT molecular complexity index is 462. The molecule has 0 radical (unpaired) electrons. The summed E-state index contributed by atoms with van der Waals surface area (Å²) in [4.78, 5) is 0. The predicted octanol–water partition coefficient (Wildman–Crippen LogP) is -1.12. The monoisotopic (exact) mass is 233 g/mol. The van der Waals surface area contributed by atoms with Crippen molar-refractivity contribution in [3.63, 3.8) is 0 Å². The molecule has 0 spiro atoms. The Morgan fingerprint density at radius 3 is 2.47 bits per heavy atom. The average molecular weight is 233 g/mol. The largest absolute Gasteiger partial charge is 0.488 e. The van der Waals surface area contributed by atoms with Crippen molar-refractivity contribution in [1.29, 1.82) is 0 Å². The van der Waals surface area contributed by atoms with E-state index in [1.807, 2.05) is 4.72 Å². The molecule has 5 nitrogen and oxygen atoms in total. The zero-order valence-electron chi connectivity index (χ0n) is 7.81. The lowest BCUT2D eigenvalue weighted by Gasteiger charge is -2.07. The molecule has 0 aromatic heterocycles. The van der Waals surface area contributed by atoms with Crippen LogP contribution in [0.4, 0.5) is 10.1 Å². The highest BCUT2D eigenvalue weighted by molar-refractivity contribution is 7.92. The van der Waals surface area contributed by atoms with E-state index in [0.717, 1.165) is 24.5 Å². The molecule has 8 heteroatoms. The third-order valence-corrected chi connectivity index (χ3v) is 2.17. The Morgan fingerprint density at radius 1 is 1.40 bits per heavy atom. The van der Waals surface area contributed by atoms with Crippen LogP contribution < -0.4 is 10.2 Å². The summed E-state index contributed by atoms with van der Waals surface area (Å²) in [7, 11) is -5.37. The topological polar surface area (TPSA) is 86.6 Å². The smallest absolute Gasteiger partial charge is 0.423 e. The zero-order valence-corrected chi connectivity index (χ0v) is 8.62. The van der Waals surface area contributed by atoms with Gasteiger partial charge < -0.3 is 10.0 Å². The summed E-state index contributed by atoms with van der Waals surface area (Å²) in [5.74, 6) is -0.787. The first-order chi connectivity index (χ1) is 6.79. The van der Waals surface area contributed by atoms with E-state index in [9.17, 15) is 12.8 Å². The second-order valence-corrected chi connectivity index (χ2v) is 4.74. The molecule has 0 bridgehead atoms. The SMILES string of the molecule is CS(=O)(=O)Nc1cc(B(O)O)ccc1F. The molecule has 0 unspecified atom stereocenters. The number of hydrogen-bond acceptors (Lipinski definition) is 4. The van der Waals surface area contributed by atoms with E-state index in [0.29, 0.717) is 0 Å². The molecular weight excluding hydrogens is 224 g/mol. The summed E-state index contributed by atoms with van der Waals surface area (Å²) in [5, 5.41) is 17.6. The van der Waals surface area contributed by atoms with Gasteiger partial charge in [-0.2, -0.15) is 0 Å². The number of hydrogen-bond donors (Lipinski definition) is 3. The molecule has 0 saturated heterocycles. The highest BCUT2D eigenvalue weighted by Crippen LogP contribution is 2.12. The maximum atomic E-state index is 13.1. The van der Waals surface area contributed by atoms with Crippen molar-refractivity contribution in [2.45, 2.75) is 0 Å². The van der Waals surface area contributed by atoms with E-state index in [-0.39, 0.29) is 11.2 Å². The Labute approximate surface area is 86.8 Å². The van der Waals surface area contributed by atoms with Crippen LogP contribution in [-0.4, -0.2) is 31.8 Å². The first-order valence-electron chi connectivity index (χ1n) is 3.93. The van der Waals surface area contributed by atoms with Crippen molar-refractivity contribution in [2.24, 2.45) is 0 Å². The number of nitrogens with one attached hydrogen (secondary N) is 1. The number of halogens is 1. The van der Waals surface area contributed by atoms with Crippen molar-refractivity contribution in [3.05, 3.63) is 24.0 Å². The lowest BCUT2D eigenvalue weighted by molar-refractivity contribution is 0.425. The molecule has 0 fully saturated rings. The van der Waals surface area contributed by atoms with E-state index < -0.39 is 23.0 Å². The molecule has 15 heavy (non-hydrogen) atoms. The standard InChI is InChI=1S/C7H9BFNO4S/c1-15(13,14)10-7-4-5(8(11)12)2-3-6(7)9/h2-4,10-12H,1H3. The normalized spacial score (nSPS) is 11.2. The first kappa shape index (κ1) is 12.0. The lowest BCUT2D eigenvalue weighted by Crippen LogP contribution is -2.30. The van der Waals surface area contributed by atoms with Crippen LogP contribution in [0.15, 0.2) is 18.2 Å². The highest BCUT2D eigenvalue weighted by Gasteiger charge is 2.15. The van der Waals surface area contributed by atoms with E-state index in [1.165, 1.54) is 0 Å². The number of rotatable bonds is 3. The molecule has 0 aliphatic rings. The van der Waals surface area contributed by atoms with Crippen LogP contribution in [0.25, 0.3) is 0 Å². The fourth-order valence-electron chi connectivity index (χ4n) is 0.981. The second-order valence-electron chi connectivity index (χ2n) is 2.99. The van der Waals surface area contributed by atoms with Gasteiger partial charge in [-0.05, 0) is 17.6 Å². The molecule has 82 valence electrons. The Balaban J connectivity index is 3.11. The van der Waals surface area contributed by atoms with Gasteiger partial charge in [0, 0.05) is 0 Å². The molecule has 1 rings (SSSR count). The predicted molar refractivity (Wildman–Crippen MR) is 54.7 cm³/mol. The van der Waals surface area contributed by atoms with E-state index >= 15 is 0 Å². The van der Waals surface area contributed by atoms with Gasteiger partial charge in [-0.3, -0.25) is 4.72 Å². The van der Waals surface area contributed by atoms with Crippen LogP contribution in [0.5, 0.6) is 0 Å². The maximum Gasteiger partial charge on any atom is 0.488 e. The van der Waals surface area contributed by atoms with E-state index in [1.54, 1.807) is 0 Å². The van der Waals surface area contributed by atoms with E-state index in [4.69, 9.17) is 10.0 Å². The summed E-state index contributed by atoms with van der Waals surface area (Å²) >= 11 is 0. The Morgan fingerprint density at radius 2 is 2.00 bits per heavy atom. The van der Waals surface area contributed by atoms with Gasteiger partial charge in [-0.1, -0.05) is 6.07 Å². The first-order valence-corrected chi connectivity index (χ1v) is 5.82. The highest BCUT2D eigenvalue weighted by atomic mass is 32.2. The number of sulfonamides is 1.